The molecular weight excluding hydrogens is 401 g/mol. The second-order valence-electron chi connectivity index (χ2n) is 9.20. The van der Waals surface area contributed by atoms with E-state index in [0.717, 1.165) is 30.6 Å². The van der Waals surface area contributed by atoms with E-state index in [1.54, 1.807) is 4.90 Å². The van der Waals surface area contributed by atoms with Crippen LogP contribution in [0.25, 0.3) is 11.0 Å². The highest BCUT2D eigenvalue weighted by molar-refractivity contribution is 5.86. The zero-order valence-corrected chi connectivity index (χ0v) is 17.2. The molecule has 0 aromatic carbocycles. The predicted molar refractivity (Wildman–Crippen MR) is 103 cm³/mol. The molecule has 0 N–H and O–H groups in total. The maximum absolute atomic E-state index is 12.7. The van der Waals surface area contributed by atoms with Gasteiger partial charge in [-0.25, -0.2) is 14.8 Å². The van der Waals surface area contributed by atoms with Gasteiger partial charge in [0, 0.05) is 37.8 Å². The van der Waals surface area contributed by atoms with Gasteiger partial charge in [-0.05, 0) is 33.6 Å². The maximum atomic E-state index is 12.7. The Balaban J connectivity index is 1.40. The van der Waals surface area contributed by atoms with Gasteiger partial charge < -0.3 is 14.5 Å². The van der Waals surface area contributed by atoms with Crippen LogP contribution in [0, 0.1) is 5.41 Å². The smallest absolute Gasteiger partial charge is 0.410 e. The van der Waals surface area contributed by atoms with Crippen LogP contribution in [0.15, 0.2) is 12.5 Å². The molecule has 0 aliphatic carbocycles. The first-order valence-corrected chi connectivity index (χ1v) is 9.91. The van der Waals surface area contributed by atoms with Crippen molar-refractivity contribution in [2.45, 2.75) is 51.9 Å². The van der Waals surface area contributed by atoms with Crippen LogP contribution in [-0.4, -0.2) is 68.7 Å². The highest BCUT2D eigenvalue weighted by atomic mass is 19.4. The third-order valence-corrected chi connectivity index (χ3v) is 5.51. The van der Waals surface area contributed by atoms with E-state index in [4.69, 9.17) is 4.74 Å². The first kappa shape index (κ1) is 20.7. The van der Waals surface area contributed by atoms with E-state index < -0.39 is 18.3 Å². The van der Waals surface area contributed by atoms with Crippen molar-refractivity contribution in [1.82, 2.24) is 24.6 Å². The van der Waals surface area contributed by atoms with Gasteiger partial charge in [0.2, 0.25) is 0 Å². The summed E-state index contributed by atoms with van der Waals surface area (Å²) in [5, 5.41) is 4.44. The molecule has 164 valence electrons. The van der Waals surface area contributed by atoms with Crippen molar-refractivity contribution in [3.8, 4) is 0 Å². The summed E-state index contributed by atoms with van der Waals surface area (Å²) in [6, 6.07) is 0. The Morgan fingerprint density at radius 1 is 1.17 bits per heavy atom. The Bertz CT molecular complexity index is 936. The third kappa shape index (κ3) is 4.29. The van der Waals surface area contributed by atoms with E-state index >= 15 is 0 Å². The fourth-order valence-corrected chi connectivity index (χ4v) is 4.11. The van der Waals surface area contributed by atoms with Crippen LogP contribution in [0.3, 0.4) is 0 Å². The molecule has 2 aliphatic rings. The van der Waals surface area contributed by atoms with Gasteiger partial charge in [0.25, 0.3) is 0 Å². The highest BCUT2D eigenvalue weighted by Crippen LogP contribution is 2.43. The fraction of sp³-hybridized carbons (Fsp3) is 0.684. The fourth-order valence-electron chi connectivity index (χ4n) is 4.11. The maximum Gasteiger partial charge on any atom is 0.410 e. The van der Waals surface area contributed by atoms with Gasteiger partial charge in [0.15, 0.2) is 5.65 Å². The first-order valence-electron chi connectivity index (χ1n) is 9.91. The van der Waals surface area contributed by atoms with Crippen molar-refractivity contribution in [2.75, 3.05) is 31.1 Å². The zero-order valence-electron chi connectivity index (χ0n) is 17.2. The summed E-state index contributed by atoms with van der Waals surface area (Å²) in [5.41, 5.74) is -0.184. The summed E-state index contributed by atoms with van der Waals surface area (Å²) < 4.78 is 44.3. The van der Waals surface area contributed by atoms with E-state index in [1.165, 1.54) is 12.5 Å². The number of amides is 1. The summed E-state index contributed by atoms with van der Waals surface area (Å²) in [7, 11) is 0. The lowest BCUT2D eigenvalue weighted by Gasteiger charge is -2.54. The van der Waals surface area contributed by atoms with Crippen LogP contribution in [0.2, 0.25) is 0 Å². The molecule has 0 radical (unpaired) electrons. The van der Waals surface area contributed by atoms with Crippen molar-refractivity contribution in [3.05, 3.63) is 12.5 Å². The molecular formula is C19H25F3N6O2. The van der Waals surface area contributed by atoms with Crippen LogP contribution < -0.4 is 4.90 Å². The lowest BCUT2D eigenvalue weighted by Crippen LogP contribution is -2.61. The SMILES string of the molecule is CC(C)(C)OC(=O)N1CCC2(CC1)CN(c1ncnc3nn(CC(F)(F)F)cc13)C2. The molecule has 2 fully saturated rings. The second kappa shape index (κ2) is 6.98. The molecule has 1 spiro atoms. The van der Waals surface area contributed by atoms with Gasteiger partial charge in [-0.15, -0.1) is 0 Å². The Labute approximate surface area is 172 Å². The molecule has 4 heterocycles. The van der Waals surface area contributed by atoms with Crippen LogP contribution >= 0.6 is 0 Å². The quantitative estimate of drug-likeness (QED) is 0.734. The molecule has 0 saturated carbocycles. The average Bonchev–Trinajstić information content (AvgIpc) is 2.98. The molecule has 2 aromatic heterocycles. The van der Waals surface area contributed by atoms with Crippen molar-refractivity contribution in [3.63, 3.8) is 0 Å². The molecule has 8 nitrogen and oxygen atoms in total. The number of piperidine rings is 1. The Morgan fingerprint density at radius 2 is 1.83 bits per heavy atom. The summed E-state index contributed by atoms with van der Waals surface area (Å²) in [5.74, 6) is 0.605. The number of carbonyl (C=O) groups is 1. The number of hydrogen-bond acceptors (Lipinski definition) is 6. The number of rotatable bonds is 2. The molecule has 30 heavy (non-hydrogen) atoms. The predicted octanol–water partition coefficient (Wildman–Crippen LogP) is 3.23. The number of carbonyl (C=O) groups excluding carboxylic acids is 1. The van der Waals surface area contributed by atoms with Crippen LogP contribution in [-0.2, 0) is 11.3 Å². The normalized spacial score (nSPS) is 19.3. The molecule has 2 aliphatic heterocycles. The number of fused-ring (bicyclic) bond motifs is 1. The zero-order chi connectivity index (χ0) is 21.7. The van der Waals surface area contributed by atoms with Crippen molar-refractivity contribution in [1.29, 1.82) is 0 Å². The minimum Gasteiger partial charge on any atom is -0.444 e. The van der Waals surface area contributed by atoms with Crippen LogP contribution in [0.1, 0.15) is 33.6 Å². The Hall–Kier alpha value is -2.59. The van der Waals surface area contributed by atoms with Crippen molar-refractivity contribution in [2.24, 2.45) is 5.41 Å². The number of halogens is 3. The first-order chi connectivity index (χ1) is 13.9. The molecule has 11 heteroatoms. The number of alkyl halides is 3. The molecule has 1 amide bonds. The van der Waals surface area contributed by atoms with Crippen LogP contribution in [0.4, 0.5) is 23.8 Å². The Kier molecular flexibility index (Phi) is 4.81. The monoisotopic (exact) mass is 426 g/mol. The summed E-state index contributed by atoms with van der Waals surface area (Å²) >= 11 is 0. The van der Waals surface area contributed by atoms with Crippen molar-refractivity contribution < 1.29 is 22.7 Å². The molecule has 2 aromatic rings. The van der Waals surface area contributed by atoms with Gasteiger partial charge in [0.05, 0.1) is 5.39 Å². The van der Waals surface area contributed by atoms with Crippen molar-refractivity contribution >= 4 is 22.9 Å². The number of nitrogens with zero attached hydrogens (tertiary/aromatic N) is 6. The van der Waals surface area contributed by atoms with Gasteiger partial charge in [0.1, 0.15) is 24.3 Å². The van der Waals surface area contributed by atoms with Gasteiger partial charge in [-0.1, -0.05) is 0 Å². The molecule has 2 saturated heterocycles. The standard InChI is InChI=1S/C19H25F3N6O2/c1-17(2,3)30-16(29)26-6-4-18(5-7-26)9-27(10-18)15-13-8-28(11-19(20,21)22)25-14(13)23-12-24-15/h8,12H,4-7,9-11H2,1-3H3. The number of aromatic nitrogens is 4. The average molecular weight is 426 g/mol. The largest absolute Gasteiger partial charge is 0.444 e. The second-order valence-corrected chi connectivity index (χ2v) is 9.20. The summed E-state index contributed by atoms with van der Waals surface area (Å²) in [4.78, 5) is 24.3. The van der Waals surface area contributed by atoms with E-state index in [-0.39, 0.29) is 17.2 Å². The Morgan fingerprint density at radius 3 is 2.43 bits per heavy atom. The number of anilines is 1. The van der Waals surface area contributed by atoms with E-state index in [2.05, 4.69) is 15.1 Å². The molecule has 0 atom stereocenters. The molecule has 0 unspecified atom stereocenters. The lowest BCUT2D eigenvalue weighted by molar-refractivity contribution is -0.142. The highest BCUT2D eigenvalue weighted by Gasteiger charge is 2.47. The van der Waals surface area contributed by atoms with Gasteiger partial charge in [-0.3, -0.25) is 4.68 Å². The number of hydrogen-bond donors (Lipinski definition) is 0. The van der Waals surface area contributed by atoms with Gasteiger partial charge in [-0.2, -0.15) is 18.3 Å². The number of ether oxygens (including phenoxy) is 1. The van der Waals surface area contributed by atoms with E-state index in [0.29, 0.717) is 24.3 Å². The van der Waals surface area contributed by atoms with E-state index in [1.807, 2.05) is 25.7 Å². The summed E-state index contributed by atoms with van der Waals surface area (Å²) in [6.45, 7) is 7.12. The van der Waals surface area contributed by atoms with Gasteiger partial charge >= 0.3 is 12.3 Å². The topological polar surface area (TPSA) is 76.4 Å². The molecule has 4 rings (SSSR count). The lowest BCUT2D eigenvalue weighted by atomic mass is 9.72. The minimum atomic E-state index is -4.35. The molecule has 0 bridgehead atoms. The van der Waals surface area contributed by atoms with E-state index in [9.17, 15) is 18.0 Å². The summed E-state index contributed by atoms with van der Waals surface area (Å²) in [6.07, 6.45) is -0.247. The van der Waals surface area contributed by atoms with Crippen LogP contribution in [0.5, 0.6) is 0 Å². The number of likely N-dealkylation sites (tertiary alicyclic amines) is 1. The minimum absolute atomic E-state index is 0.0811. The third-order valence-electron chi connectivity index (χ3n) is 5.51.